The third kappa shape index (κ3) is 6.28. The van der Waals surface area contributed by atoms with Gasteiger partial charge in [0.25, 0.3) is 0 Å². The molecule has 1 saturated carbocycles. The zero-order valence-electron chi connectivity index (χ0n) is 14.8. The highest BCUT2D eigenvalue weighted by Crippen LogP contribution is 2.18. The Hall–Kier alpha value is -0.850. The summed E-state index contributed by atoms with van der Waals surface area (Å²) in [5.41, 5.74) is 0. The summed E-state index contributed by atoms with van der Waals surface area (Å²) in [5.74, 6) is 0.435. The molecule has 3 atom stereocenters. The van der Waals surface area contributed by atoms with Crippen LogP contribution in [0.15, 0.2) is 0 Å². The van der Waals surface area contributed by atoms with Crippen molar-refractivity contribution in [2.45, 2.75) is 51.7 Å². The maximum atomic E-state index is 12.0. The molecule has 1 aliphatic heterocycles. The van der Waals surface area contributed by atoms with Crippen LogP contribution in [0.3, 0.4) is 0 Å². The minimum absolute atomic E-state index is 0.0822. The molecule has 23 heavy (non-hydrogen) atoms. The predicted molar refractivity (Wildman–Crippen MR) is 92.5 cm³/mol. The molecule has 0 aromatic rings. The van der Waals surface area contributed by atoms with E-state index < -0.39 is 0 Å². The summed E-state index contributed by atoms with van der Waals surface area (Å²) in [6.07, 6.45) is 3.43. The lowest BCUT2D eigenvalue weighted by Gasteiger charge is -2.35. The van der Waals surface area contributed by atoms with Crippen molar-refractivity contribution in [2.75, 3.05) is 45.8 Å². The summed E-state index contributed by atoms with van der Waals surface area (Å²) >= 11 is 0. The minimum atomic E-state index is -0.387. The summed E-state index contributed by atoms with van der Waals surface area (Å²) in [6, 6.07) is -0.222. The van der Waals surface area contributed by atoms with E-state index in [1.54, 1.807) is 0 Å². The maximum absolute atomic E-state index is 12.0. The second-order valence-corrected chi connectivity index (χ2v) is 7.15. The molecule has 2 amide bonds. The number of urea groups is 1. The molecule has 0 unspecified atom stereocenters. The number of likely N-dealkylation sites (N-methyl/N-ethyl adjacent to an activating group) is 1. The van der Waals surface area contributed by atoms with Gasteiger partial charge in [-0.2, -0.15) is 0 Å². The maximum Gasteiger partial charge on any atom is 0.315 e. The highest BCUT2D eigenvalue weighted by Gasteiger charge is 2.24. The number of aliphatic hydroxyl groups excluding tert-OH is 1. The number of amides is 2. The lowest BCUT2D eigenvalue weighted by molar-refractivity contribution is 0.0940. The summed E-state index contributed by atoms with van der Waals surface area (Å²) in [4.78, 5) is 16.9. The Labute approximate surface area is 140 Å². The number of aliphatic hydroxyl groups is 1. The van der Waals surface area contributed by atoms with Crippen molar-refractivity contribution in [1.29, 1.82) is 0 Å². The van der Waals surface area contributed by atoms with Gasteiger partial charge >= 0.3 is 6.03 Å². The van der Waals surface area contributed by atoms with Crippen LogP contribution in [0.2, 0.25) is 0 Å². The molecule has 2 aliphatic rings. The molecule has 2 rings (SSSR count). The van der Waals surface area contributed by atoms with E-state index in [9.17, 15) is 9.90 Å². The van der Waals surface area contributed by atoms with Crippen LogP contribution in [0.4, 0.5) is 4.79 Å². The van der Waals surface area contributed by atoms with Crippen molar-refractivity contribution >= 4 is 6.03 Å². The van der Waals surface area contributed by atoms with Gasteiger partial charge in [0, 0.05) is 39.3 Å². The van der Waals surface area contributed by atoms with Crippen LogP contribution < -0.4 is 10.6 Å². The van der Waals surface area contributed by atoms with Gasteiger partial charge in [0.05, 0.1) is 12.1 Å². The molecule has 1 saturated heterocycles. The van der Waals surface area contributed by atoms with Crippen molar-refractivity contribution in [2.24, 2.45) is 5.92 Å². The van der Waals surface area contributed by atoms with E-state index in [1.807, 2.05) is 0 Å². The minimum Gasteiger partial charge on any atom is -0.391 e. The van der Waals surface area contributed by atoms with Gasteiger partial charge in [0.2, 0.25) is 0 Å². The Morgan fingerprint density at radius 3 is 2.48 bits per heavy atom. The van der Waals surface area contributed by atoms with Crippen LogP contribution >= 0.6 is 0 Å². The lowest BCUT2D eigenvalue weighted by atomic mass is 9.93. The Balaban J connectivity index is 1.60. The number of nitrogens with one attached hydrogen (secondary N) is 2. The number of piperazine rings is 1. The van der Waals surface area contributed by atoms with E-state index in [2.05, 4.69) is 34.3 Å². The van der Waals surface area contributed by atoms with Crippen molar-refractivity contribution in [1.82, 2.24) is 20.4 Å². The molecule has 3 N–H and O–H groups in total. The summed E-state index contributed by atoms with van der Waals surface area (Å²) in [5, 5.41) is 15.8. The zero-order valence-corrected chi connectivity index (χ0v) is 14.8. The molecular formula is C17H34N4O2. The molecule has 0 bridgehead atoms. The van der Waals surface area contributed by atoms with E-state index in [0.29, 0.717) is 12.5 Å². The molecule has 0 spiro atoms. The number of rotatable bonds is 6. The molecule has 1 heterocycles. The van der Waals surface area contributed by atoms with Gasteiger partial charge in [-0.1, -0.05) is 26.7 Å². The normalized spacial score (nSPS) is 28.3. The first kappa shape index (κ1) is 18.5. The molecule has 6 nitrogen and oxygen atoms in total. The molecule has 0 radical (unpaired) electrons. The van der Waals surface area contributed by atoms with Crippen LogP contribution in [0, 0.1) is 5.92 Å². The fourth-order valence-corrected chi connectivity index (χ4v) is 3.56. The van der Waals surface area contributed by atoms with Crippen LogP contribution in [-0.2, 0) is 0 Å². The predicted octanol–water partition coefficient (Wildman–Crippen LogP) is 0.863. The van der Waals surface area contributed by atoms with Gasteiger partial charge in [0.1, 0.15) is 0 Å². The van der Waals surface area contributed by atoms with Gasteiger partial charge in [0.15, 0.2) is 0 Å². The van der Waals surface area contributed by atoms with Gasteiger partial charge < -0.3 is 25.5 Å². The Kier molecular flexibility index (Phi) is 7.59. The SMILES string of the molecule is CCN1CCN(C[C@H](C)CNC(=O)N[C@H]2CCCC[C@H]2O)CC1. The molecule has 134 valence electrons. The standard InChI is InChI=1S/C17H34N4O2/c1-3-20-8-10-21(11-9-20)13-14(2)12-18-17(23)19-15-6-4-5-7-16(15)22/h14-16,22H,3-13H2,1-2H3,(H2,18,19,23)/t14-,15+,16-/m1/s1. The molecule has 1 aliphatic carbocycles. The van der Waals surface area contributed by atoms with E-state index in [4.69, 9.17) is 0 Å². The second kappa shape index (κ2) is 9.45. The number of nitrogens with zero attached hydrogens (tertiary/aromatic N) is 2. The fourth-order valence-electron chi connectivity index (χ4n) is 3.56. The first-order valence-electron chi connectivity index (χ1n) is 9.25. The summed E-state index contributed by atoms with van der Waals surface area (Å²) < 4.78 is 0. The Morgan fingerprint density at radius 1 is 1.17 bits per heavy atom. The van der Waals surface area contributed by atoms with Crippen molar-refractivity contribution in [3.05, 3.63) is 0 Å². The summed E-state index contributed by atoms with van der Waals surface area (Å²) in [6.45, 7) is 11.8. The quantitative estimate of drug-likeness (QED) is 0.677. The average Bonchev–Trinajstić information content (AvgIpc) is 2.56. The van der Waals surface area contributed by atoms with Gasteiger partial charge in [-0.15, -0.1) is 0 Å². The number of carbonyl (C=O) groups is 1. The van der Waals surface area contributed by atoms with Crippen LogP contribution in [0.1, 0.15) is 39.5 Å². The third-order valence-electron chi connectivity index (χ3n) is 5.14. The third-order valence-corrected chi connectivity index (χ3v) is 5.14. The van der Waals surface area contributed by atoms with Crippen LogP contribution in [0.5, 0.6) is 0 Å². The molecule has 0 aromatic heterocycles. The van der Waals surface area contributed by atoms with E-state index >= 15 is 0 Å². The zero-order chi connectivity index (χ0) is 16.7. The van der Waals surface area contributed by atoms with Crippen molar-refractivity contribution < 1.29 is 9.90 Å². The monoisotopic (exact) mass is 326 g/mol. The number of carbonyl (C=O) groups excluding carboxylic acids is 1. The van der Waals surface area contributed by atoms with Crippen LogP contribution in [0.25, 0.3) is 0 Å². The lowest BCUT2D eigenvalue weighted by Crippen LogP contribution is -2.51. The van der Waals surface area contributed by atoms with Crippen LogP contribution in [-0.4, -0.2) is 78.9 Å². The molecule has 6 heteroatoms. The fraction of sp³-hybridized carbons (Fsp3) is 0.941. The Bertz CT molecular complexity index is 359. The van der Waals surface area contributed by atoms with E-state index in [1.165, 1.54) is 0 Å². The molecule has 2 fully saturated rings. The smallest absolute Gasteiger partial charge is 0.315 e. The highest BCUT2D eigenvalue weighted by atomic mass is 16.3. The topological polar surface area (TPSA) is 67.8 Å². The number of hydrogen-bond donors (Lipinski definition) is 3. The highest BCUT2D eigenvalue weighted by molar-refractivity contribution is 5.74. The second-order valence-electron chi connectivity index (χ2n) is 7.15. The van der Waals surface area contributed by atoms with Gasteiger partial charge in [-0.05, 0) is 25.3 Å². The average molecular weight is 326 g/mol. The molecule has 0 aromatic carbocycles. The molecular weight excluding hydrogens is 292 g/mol. The van der Waals surface area contributed by atoms with E-state index in [0.717, 1.165) is 65.0 Å². The first-order valence-corrected chi connectivity index (χ1v) is 9.25. The van der Waals surface area contributed by atoms with Gasteiger partial charge in [-0.25, -0.2) is 4.79 Å². The summed E-state index contributed by atoms with van der Waals surface area (Å²) in [7, 11) is 0. The first-order chi connectivity index (χ1) is 11.1. The van der Waals surface area contributed by atoms with Gasteiger partial charge in [-0.3, -0.25) is 0 Å². The van der Waals surface area contributed by atoms with E-state index in [-0.39, 0.29) is 18.2 Å². The number of hydrogen-bond acceptors (Lipinski definition) is 4. The Morgan fingerprint density at radius 2 is 1.83 bits per heavy atom. The van der Waals surface area contributed by atoms with Crippen molar-refractivity contribution in [3.8, 4) is 0 Å². The van der Waals surface area contributed by atoms with Crippen molar-refractivity contribution in [3.63, 3.8) is 0 Å². The largest absolute Gasteiger partial charge is 0.391 e.